The van der Waals surface area contributed by atoms with E-state index in [1.54, 1.807) is 19.4 Å². The van der Waals surface area contributed by atoms with Gasteiger partial charge >= 0.3 is 0 Å². The summed E-state index contributed by atoms with van der Waals surface area (Å²) in [5.74, 6) is 2.60. The van der Waals surface area contributed by atoms with Crippen LogP contribution in [0.5, 0.6) is 5.75 Å². The van der Waals surface area contributed by atoms with Crippen LogP contribution in [0.25, 0.3) is 11.5 Å². The highest BCUT2D eigenvalue weighted by Gasteiger charge is 2.07. The van der Waals surface area contributed by atoms with E-state index in [0.29, 0.717) is 24.6 Å². The Balaban J connectivity index is 1.80. The predicted octanol–water partition coefficient (Wildman–Crippen LogP) is 2.93. The Morgan fingerprint density at radius 1 is 1.43 bits per heavy atom. The number of hydrogen-bond acceptors (Lipinski definition) is 5. The molecule has 0 saturated carbocycles. The number of carbonyl (C=O) groups is 1. The largest absolute Gasteiger partial charge is 0.497 e. The van der Waals surface area contributed by atoms with Crippen LogP contribution in [0.2, 0.25) is 0 Å². The fraction of sp³-hybridized carbons (Fsp3) is 0.294. The van der Waals surface area contributed by atoms with Gasteiger partial charge in [-0.1, -0.05) is 6.08 Å². The second-order valence-electron chi connectivity index (χ2n) is 4.78. The minimum atomic E-state index is 0.0238. The molecule has 122 valence electrons. The summed E-state index contributed by atoms with van der Waals surface area (Å²) in [5, 5.41) is 2.86. The molecule has 2 rings (SSSR count). The topological polar surface area (TPSA) is 64.4 Å². The van der Waals surface area contributed by atoms with Crippen molar-refractivity contribution in [2.24, 2.45) is 0 Å². The van der Waals surface area contributed by atoms with Crippen molar-refractivity contribution < 1.29 is 13.9 Å². The van der Waals surface area contributed by atoms with Crippen molar-refractivity contribution in [3.63, 3.8) is 0 Å². The quantitative estimate of drug-likeness (QED) is 0.565. The van der Waals surface area contributed by atoms with Crippen molar-refractivity contribution in [3.8, 4) is 17.2 Å². The van der Waals surface area contributed by atoms with Crippen LogP contribution in [0.4, 0.5) is 0 Å². The first-order valence-corrected chi connectivity index (χ1v) is 8.42. The lowest BCUT2D eigenvalue weighted by atomic mass is 10.2. The molecular weight excluding hydrogens is 312 g/mol. The van der Waals surface area contributed by atoms with Gasteiger partial charge in [-0.05, 0) is 24.3 Å². The van der Waals surface area contributed by atoms with Crippen LogP contribution in [-0.4, -0.2) is 36.1 Å². The van der Waals surface area contributed by atoms with Crippen LogP contribution in [0.3, 0.4) is 0 Å². The Morgan fingerprint density at radius 3 is 2.91 bits per heavy atom. The molecule has 0 atom stereocenters. The van der Waals surface area contributed by atoms with Crippen molar-refractivity contribution in [1.82, 2.24) is 10.3 Å². The molecule has 0 spiro atoms. The lowest BCUT2D eigenvalue weighted by Gasteiger charge is -2.02. The maximum absolute atomic E-state index is 11.6. The van der Waals surface area contributed by atoms with E-state index < -0.39 is 0 Å². The number of methoxy groups -OCH3 is 1. The monoisotopic (exact) mass is 332 g/mol. The van der Waals surface area contributed by atoms with Crippen LogP contribution in [0.15, 0.2) is 47.6 Å². The van der Waals surface area contributed by atoms with Crippen molar-refractivity contribution in [2.45, 2.75) is 6.42 Å². The van der Waals surface area contributed by atoms with Crippen molar-refractivity contribution in [2.75, 3.05) is 25.2 Å². The summed E-state index contributed by atoms with van der Waals surface area (Å²) in [6.45, 7) is 4.16. The number of nitrogens with zero attached hydrogens (tertiary/aromatic N) is 1. The third kappa shape index (κ3) is 5.49. The molecule has 1 N–H and O–H groups in total. The van der Waals surface area contributed by atoms with Gasteiger partial charge in [0.15, 0.2) is 0 Å². The molecule has 23 heavy (non-hydrogen) atoms. The molecule has 0 aliphatic rings. The van der Waals surface area contributed by atoms with Crippen LogP contribution in [0.1, 0.15) is 5.69 Å². The van der Waals surface area contributed by atoms with E-state index in [4.69, 9.17) is 9.15 Å². The summed E-state index contributed by atoms with van der Waals surface area (Å²) in [7, 11) is 1.63. The van der Waals surface area contributed by atoms with Gasteiger partial charge in [0.05, 0.1) is 18.6 Å². The number of oxazole rings is 1. The second-order valence-corrected chi connectivity index (χ2v) is 5.81. The summed E-state index contributed by atoms with van der Waals surface area (Å²) in [6, 6.07) is 7.51. The number of carbonyl (C=O) groups excluding carboxylic acids is 1. The first-order chi connectivity index (χ1) is 11.2. The van der Waals surface area contributed by atoms with Gasteiger partial charge in [-0.25, -0.2) is 4.98 Å². The Labute approximate surface area is 140 Å². The molecule has 0 bridgehead atoms. The Bertz CT molecular complexity index is 638. The zero-order valence-electron chi connectivity index (χ0n) is 13.1. The summed E-state index contributed by atoms with van der Waals surface area (Å²) in [6.07, 6.45) is 4.05. The molecule has 0 saturated heterocycles. The maximum atomic E-state index is 11.6. The number of aromatic nitrogens is 1. The highest BCUT2D eigenvalue weighted by Crippen LogP contribution is 2.21. The number of thioether (sulfide) groups is 1. The van der Waals surface area contributed by atoms with Crippen LogP contribution in [0, 0.1) is 0 Å². The first-order valence-electron chi connectivity index (χ1n) is 7.27. The van der Waals surface area contributed by atoms with Gasteiger partial charge in [0.1, 0.15) is 12.0 Å². The second kappa shape index (κ2) is 9.05. The lowest BCUT2D eigenvalue weighted by molar-refractivity contribution is -0.118. The zero-order valence-corrected chi connectivity index (χ0v) is 13.9. The van der Waals surface area contributed by atoms with Crippen LogP contribution < -0.4 is 10.1 Å². The first kappa shape index (κ1) is 17.1. The van der Waals surface area contributed by atoms with E-state index in [-0.39, 0.29) is 5.91 Å². The summed E-state index contributed by atoms with van der Waals surface area (Å²) in [4.78, 5) is 16.0. The molecule has 5 nitrogen and oxygen atoms in total. The molecule has 0 aliphatic heterocycles. The molecular formula is C17H20N2O3S. The fourth-order valence-corrected chi connectivity index (χ4v) is 2.48. The molecule has 1 aromatic carbocycles. The highest BCUT2D eigenvalue weighted by molar-refractivity contribution is 8.00. The van der Waals surface area contributed by atoms with Gasteiger partial charge in [0.2, 0.25) is 11.8 Å². The fourth-order valence-electron chi connectivity index (χ4n) is 1.90. The van der Waals surface area contributed by atoms with E-state index in [1.165, 1.54) is 11.8 Å². The molecule has 1 amide bonds. The van der Waals surface area contributed by atoms with Crippen LogP contribution >= 0.6 is 11.8 Å². The van der Waals surface area contributed by atoms with Crippen molar-refractivity contribution in [1.29, 1.82) is 0 Å². The smallest absolute Gasteiger partial charge is 0.230 e. The molecule has 0 radical (unpaired) electrons. The molecule has 1 aromatic heterocycles. The minimum Gasteiger partial charge on any atom is -0.497 e. The SMILES string of the molecule is C=CCSCC(=O)NCCc1coc(-c2ccc(OC)cc2)n1. The summed E-state index contributed by atoms with van der Waals surface area (Å²) in [5.41, 5.74) is 1.71. The van der Waals surface area contributed by atoms with E-state index in [0.717, 1.165) is 22.8 Å². The van der Waals surface area contributed by atoms with E-state index in [2.05, 4.69) is 16.9 Å². The van der Waals surface area contributed by atoms with Gasteiger partial charge in [-0.3, -0.25) is 4.79 Å². The van der Waals surface area contributed by atoms with E-state index in [1.807, 2.05) is 24.3 Å². The average Bonchev–Trinajstić information content (AvgIpc) is 3.04. The van der Waals surface area contributed by atoms with Gasteiger partial charge < -0.3 is 14.5 Å². The predicted molar refractivity (Wildman–Crippen MR) is 92.7 cm³/mol. The molecule has 6 heteroatoms. The Hall–Kier alpha value is -2.21. The molecule has 0 fully saturated rings. The van der Waals surface area contributed by atoms with Crippen LogP contribution in [-0.2, 0) is 11.2 Å². The standard InChI is InChI=1S/C17H20N2O3S/c1-3-10-23-12-16(20)18-9-8-14-11-22-17(19-14)13-4-6-15(21-2)7-5-13/h3-7,11H,1,8-10,12H2,2H3,(H,18,20). The highest BCUT2D eigenvalue weighted by atomic mass is 32.2. The minimum absolute atomic E-state index is 0.0238. The summed E-state index contributed by atoms with van der Waals surface area (Å²) >= 11 is 1.54. The number of nitrogens with one attached hydrogen (secondary N) is 1. The molecule has 1 heterocycles. The number of rotatable bonds is 9. The number of benzene rings is 1. The molecule has 2 aromatic rings. The number of hydrogen-bond donors (Lipinski definition) is 1. The third-order valence-electron chi connectivity index (χ3n) is 3.06. The number of ether oxygens (including phenoxy) is 1. The zero-order chi connectivity index (χ0) is 16.5. The number of amides is 1. The van der Waals surface area contributed by atoms with E-state index in [9.17, 15) is 4.79 Å². The maximum Gasteiger partial charge on any atom is 0.230 e. The van der Waals surface area contributed by atoms with E-state index >= 15 is 0 Å². The van der Waals surface area contributed by atoms with Gasteiger partial charge in [0, 0.05) is 24.3 Å². The van der Waals surface area contributed by atoms with Crippen molar-refractivity contribution >= 4 is 17.7 Å². The van der Waals surface area contributed by atoms with Gasteiger partial charge in [0.25, 0.3) is 0 Å². The Kier molecular flexibility index (Phi) is 6.75. The lowest BCUT2D eigenvalue weighted by Crippen LogP contribution is -2.27. The summed E-state index contributed by atoms with van der Waals surface area (Å²) < 4.78 is 10.6. The third-order valence-corrected chi connectivity index (χ3v) is 4.00. The molecule has 0 unspecified atom stereocenters. The normalized spacial score (nSPS) is 10.3. The average molecular weight is 332 g/mol. The van der Waals surface area contributed by atoms with Crippen molar-refractivity contribution in [3.05, 3.63) is 48.9 Å². The molecule has 0 aliphatic carbocycles. The van der Waals surface area contributed by atoms with Gasteiger partial charge in [-0.15, -0.1) is 18.3 Å². The van der Waals surface area contributed by atoms with Gasteiger partial charge in [-0.2, -0.15) is 0 Å². The Morgan fingerprint density at radius 2 is 2.22 bits per heavy atom.